The molecule has 40 nitrogen and oxygen atoms in total. The van der Waals surface area contributed by atoms with Crippen molar-refractivity contribution in [2.75, 3.05) is 60.1 Å². The second-order valence-electron chi connectivity index (χ2n) is 42.4. The minimum absolute atomic E-state index is 0.0606. The van der Waals surface area contributed by atoms with Crippen LogP contribution < -0.4 is 32.4 Å². The lowest BCUT2D eigenvalue weighted by Gasteiger charge is -2.68. The number of benzene rings is 2. The number of carbonyl (C=O) groups is 13. The summed E-state index contributed by atoms with van der Waals surface area (Å²) in [7, 11) is 0.998. The number of aromatic nitrogens is 1. The summed E-state index contributed by atoms with van der Waals surface area (Å²) in [4.78, 5) is 212. The van der Waals surface area contributed by atoms with Crippen LogP contribution in [0.5, 0.6) is 0 Å². The number of ether oxygens (including phenoxy) is 4. The van der Waals surface area contributed by atoms with Crippen molar-refractivity contribution in [1.29, 1.82) is 0 Å². The van der Waals surface area contributed by atoms with Crippen molar-refractivity contribution in [2.24, 2.45) is 76.4 Å². The number of amides is 8. The third-order valence-electron chi connectivity index (χ3n) is 32.4. The number of allylic oxidation sites excluding steroid dienone is 1. The molecule has 0 radical (unpaired) electrons. The van der Waals surface area contributed by atoms with Gasteiger partial charge >= 0.3 is 28.3 Å². The zero-order chi connectivity index (χ0) is 102. The topological polar surface area (TPSA) is 588 Å². The van der Waals surface area contributed by atoms with E-state index in [0.29, 0.717) is 94.2 Å². The Hall–Kier alpha value is -9.56. The summed E-state index contributed by atoms with van der Waals surface area (Å²) < 4.78 is 62.5. The Morgan fingerprint density at radius 1 is 0.642 bits per heavy atom. The number of Topliss-reactive ketones (excluding diaryl/α,β-unsaturated/α-hetero) is 2. The van der Waals surface area contributed by atoms with Crippen molar-refractivity contribution in [2.45, 2.75) is 308 Å². The van der Waals surface area contributed by atoms with Crippen molar-refractivity contribution in [3.63, 3.8) is 0 Å². The molecule has 6 aliphatic heterocycles. The summed E-state index contributed by atoms with van der Waals surface area (Å²) in [5.41, 5.74) is -5.29. The minimum atomic E-state index is -4.67. The number of aliphatic hydroxyl groups excluding tert-OH is 1. The smallest absolute Gasteiger partial charge is 0.394 e. The molecule has 8 amide bonds. The lowest BCUT2D eigenvalue weighted by molar-refractivity contribution is -0.354. The third kappa shape index (κ3) is 18.7. The number of nitrogen functional groups attached to an aromatic ring is 1. The molecule has 6 saturated carbocycles. The fraction of sp³-hybridized carbons (Fsp3) is 0.719. The lowest BCUT2D eigenvalue weighted by Crippen LogP contribution is -2.85. The Labute approximate surface area is 797 Å². The third-order valence-corrected chi connectivity index (χ3v) is 32.4. The molecule has 4 bridgehead atoms. The van der Waals surface area contributed by atoms with Crippen LogP contribution in [0.4, 0.5) is 5.69 Å². The summed E-state index contributed by atoms with van der Waals surface area (Å²) in [5, 5.41) is 84.7. The van der Waals surface area contributed by atoms with Crippen LogP contribution in [0.1, 0.15) is 226 Å². The van der Waals surface area contributed by atoms with Gasteiger partial charge in [-0.1, -0.05) is 94.2 Å². The van der Waals surface area contributed by atoms with Crippen LogP contribution in [-0.2, 0) is 82.1 Å². The van der Waals surface area contributed by atoms with Gasteiger partial charge in [0.2, 0.25) is 46.7 Å². The van der Waals surface area contributed by atoms with Crippen LogP contribution in [0.3, 0.4) is 0 Å². The van der Waals surface area contributed by atoms with Crippen LogP contribution in [0.25, 0.3) is 22.6 Å². The van der Waals surface area contributed by atoms with E-state index in [1.165, 1.54) is 70.9 Å². The fourth-order valence-electron chi connectivity index (χ4n) is 24.9. The number of nitrogens with zero attached hydrogens (tertiary/aromatic N) is 6. The van der Waals surface area contributed by atoms with Gasteiger partial charge < -0.3 is 101 Å². The van der Waals surface area contributed by atoms with Crippen LogP contribution in [0.15, 0.2) is 33.0 Å². The highest BCUT2D eigenvalue weighted by Crippen LogP contribution is 2.78. The van der Waals surface area contributed by atoms with Gasteiger partial charge in [0.25, 0.3) is 11.8 Å². The van der Waals surface area contributed by atoms with E-state index >= 15 is 9.59 Å². The van der Waals surface area contributed by atoms with Gasteiger partial charge in [-0.25, -0.2) is 19.4 Å². The number of cyclic esters (lactones) is 2. The van der Waals surface area contributed by atoms with Crippen molar-refractivity contribution >= 4 is 104 Å². The van der Waals surface area contributed by atoms with Crippen molar-refractivity contribution in [3.8, 4) is 11.5 Å². The van der Waals surface area contributed by atoms with E-state index in [1.807, 2.05) is 6.92 Å². The molecule has 11 fully saturated rings. The molecule has 14 N–H and O–H groups in total. The zero-order valence-electron chi connectivity index (χ0n) is 82.1. The number of nitrogens with one attached hydrogen (secondary N) is 4. The Morgan fingerprint density at radius 2 is 1.12 bits per heavy atom. The number of ketones is 2. The average molecular weight is 1940 g/mol. The van der Waals surface area contributed by atoms with Crippen LogP contribution in [0.2, 0.25) is 0 Å². The molecule has 1 aromatic rings. The van der Waals surface area contributed by atoms with Gasteiger partial charge in [0.15, 0.2) is 29.0 Å². The Morgan fingerprint density at radius 3 is 1.61 bits per heavy atom. The quantitative estimate of drug-likeness (QED) is 0.0346. The highest BCUT2D eigenvalue weighted by molar-refractivity contribution is 7.79. The first kappa shape index (κ1) is 106. The maximum absolute atomic E-state index is 15.2. The maximum Gasteiger partial charge on any atom is 0.394 e. The van der Waals surface area contributed by atoms with Crippen LogP contribution in [0, 0.1) is 90.3 Å². The highest BCUT2D eigenvalue weighted by atomic mass is 32.3. The molecule has 13 aliphatic rings. The average Bonchev–Trinajstić information content (AvgIpc) is 1.49. The molecule has 1 aromatic carbocycles. The number of esters is 3. The highest BCUT2D eigenvalue weighted by Gasteiger charge is 2.89. The second kappa shape index (κ2) is 39.1. The van der Waals surface area contributed by atoms with Gasteiger partial charge in [0, 0.05) is 118 Å². The van der Waals surface area contributed by atoms with E-state index in [0.717, 1.165) is 16.2 Å². The zero-order valence-corrected chi connectivity index (χ0v) is 82.9. The number of aryl methyl sites for hydroxylation is 1. The first-order valence-electron chi connectivity index (χ1n) is 47.7. The summed E-state index contributed by atoms with van der Waals surface area (Å²) in [5.74, 6) is -18.9. The first-order valence-corrected chi connectivity index (χ1v) is 49.1. The molecule has 41 heteroatoms. The molecule has 5 saturated heterocycles. The molecule has 758 valence electrons. The van der Waals surface area contributed by atoms with Gasteiger partial charge in [-0.15, -0.1) is 0 Å². The van der Waals surface area contributed by atoms with E-state index in [2.05, 4.69) is 33.1 Å². The minimum Gasteiger partial charge on any atom is -0.458 e. The van der Waals surface area contributed by atoms with E-state index in [9.17, 15) is 88.2 Å². The second-order valence-corrected chi connectivity index (χ2v) is 43.3. The van der Waals surface area contributed by atoms with Gasteiger partial charge in [-0.3, -0.25) is 66.7 Å². The Bertz CT molecular complexity index is 5460. The number of hydrogen-bond donors (Lipinski definition) is 13. The predicted octanol–water partition coefficient (Wildman–Crippen LogP) is 3.05. The molecular formula is C96H139N11O29S. The number of piperidine rings is 2. The summed E-state index contributed by atoms with van der Waals surface area (Å²) in [6.45, 7) is 28.3. The van der Waals surface area contributed by atoms with E-state index < -0.39 is 282 Å². The van der Waals surface area contributed by atoms with E-state index in [-0.39, 0.29) is 59.1 Å². The molecule has 6 heterocycles. The normalized spacial score (nSPS) is 37.2. The largest absolute Gasteiger partial charge is 0.458 e. The Balaban J connectivity index is 0.000000294. The number of fused-ring (bicyclic) bond motifs is 9. The molecule has 137 heavy (non-hydrogen) atoms. The number of carbonyl (C=O) groups excluding carboxylic acids is 13. The predicted molar refractivity (Wildman–Crippen MR) is 491 cm³/mol. The van der Waals surface area contributed by atoms with Crippen LogP contribution >= 0.6 is 0 Å². The van der Waals surface area contributed by atoms with Gasteiger partial charge in [0.05, 0.1) is 53.7 Å². The molecule has 26 unspecified atom stereocenters. The molecule has 7 aliphatic carbocycles. The maximum atomic E-state index is 15.2. The number of likely N-dealkylation sites (N-methyl/N-ethyl adjacent to an activating group) is 4. The number of anilines is 1. The lowest BCUT2D eigenvalue weighted by atomic mass is 9.49. The summed E-state index contributed by atoms with van der Waals surface area (Å²) in [6.07, 6.45) is 1.64. The Kier molecular flexibility index (Phi) is 30.4. The molecular weight excluding hydrogens is 1800 g/mol. The van der Waals surface area contributed by atoms with Crippen LogP contribution in [-0.4, -0.2) is 309 Å². The summed E-state index contributed by atoms with van der Waals surface area (Å²) >= 11 is 0. The first-order chi connectivity index (χ1) is 63.6. The number of aliphatic hydroxyl groups is 6. The number of nitrogens with two attached hydrogens (primary N) is 1. The van der Waals surface area contributed by atoms with Gasteiger partial charge in [0.1, 0.15) is 70.0 Å². The van der Waals surface area contributed by atoms with Crippen molar-refractivity contribution in [3.05, 3.63) is 56.3 Å². The standard InChI is InChI=1S/C64H88N10O16.C32H49NO9.H2O4S/c1-27(2)44-53(78)35-19-17-21-37(35)61(84)71(13)25-40(75)73(15)50(29(5)6)63(86)88-33(11)46(59(82)67-44)69-57(80)39-24-23-31(9)55-48(39)66-49-42(43(65)52(77)32(10)56(49)90-55)58(81)70-47-34(12)89-64(87)51(30(7)8)74(16)41(76)26-72(14)62(85)38-22-18-20-36(38)54(79)45(28(3)4)68-60(47)83;1-6-18(3)25(35)41-24-11-12-26(4)19-8-9-20-28(37)13-23(34)31(39)21(29(28,38)16-30(20,26)42-32(19,24)40)15-33-14-17(2)7-10-22(33)27(31,5)36;1-5(2,3)4/h23-24,27-30,33-38,44-47,50-51H,17-22,25-26,65H2,1-16H3,(H,67,82)(H,68,83)(H,69,80)(H,70,81);6,17,19-24,34,36-40H,7-16H2,1-5H3;(H2,1,2,3,4). The molecule has 14 rings (SSSR count). The monoisotopic (exact) mass is 1940 g/mol. The molecule has 0 aromatic heterocycles. The van der Waals surface area contributed by atoms with Crippen molar-refractivity contribution in [1.82, 2.24) is 50.8 Å². The number of rotatable bonds is 10. The van der Waals surface area contributed by atoms with E-state index in [1.54, 1.807) is 89.2 Å². The fourth-order valence-corrected chi connectivity index (χ4v) is 24.9. The molecule has 1 spiro atoms. The van der Waals surface area contributed by atoms with Crippen molar-refractivity contribution < 1.29 is 134 Å². The number of hydrogen-bond acceptors (Lipinski definition) is 30. The van der Waals surface area contributed by atoms with E-state index in [4.69, 9.17) is 51.6 Å². The van der Waals surface area contributed by atoms with Gasteiger partial charge in [-0.2, -0.15) is 8.42 Å². The molecule has 26 atom stereocenters. The van der Waals surface area contributed by atoms with Gasteiger partial charge in [-0.05, 0) is 154 Å². The summed E-state index contributed by atoms with van der Waals surface area (Å²) in [6, 6.07) is -6.10. The SMILES string of the molecule is CC=C(C)C(=O)OC1CCC2(C)C3CCC4C5(O)CC(O)C6(O)C(CN7CC(C)CCC7C6(C)O)C5(O)CC42OC13O.Cc1c2oc3c(C)ccc(C(=O)NC4C(=O)NC(C(C)C)C(=O)C5CCCC5C(=O)N(C)CC(=O)N(C)C(C(C)C)C(=O)OC4C)c3nc-2c(C(=O)NC2C(=O)NC(C(C)C)C(=O)C3CCCC3C(=O)N(C)CC(=O)N(C)C(C(C)C)C(=O)OC2C)c(N)c1=O.O=S(=O)(O)O.